The predicted molar refractivity (Wildman–Crippen MR) is 112 cm³/mol. The Morgan fingerprint density at radius 2 is 1.70 bits per heavy atom. The topological polar surface area (TPSA) is 40.6 Å². The summed E-state index contributed by atoms with van der Waals surface area (Å²) in [5, 5.41) is 0. The fraction of sp³-hybridized carbons (Fsp3) is 0.455. The second-order valence-electron chi connectivity index (χ2n) is 7.30. The molecule has 0 atom stereocenters. The van der Waals surface area contributed by atoms with Crippen molar-refractivity contribution in [2.75, 3.05) is 25.0 Å². The van der Waals surface area contributed by atoms with E-state index in [2.05, 4.69) is 29.2 Å². The van der Waals surface area contributed by atoms with Crippen molar-refractivity contribution in [1.82, 2.24) is 4.90 Å². The van der Waals surface area contributed by atoms with Gasteiger partial charge in [0.25, 0.3) is 0 Å². The molecule has 144 valence electrons. The van der Waals surface area contributed by atoms with Gasteiger partial charge in [-0.1, -0.05) is 12.1 Å². The normalized spacial score (nSPS) is 14.2. The number of hydrogen-bond acceptors (Lipinski definition) is 4. The van der Waals surface area contributed by atoms with Crippen LogP contribution in [0.5, 0.6) is 0 Å². The van der Waals surface area contributed by atoms with Crippen LogP contribution in [-0.2, 0) is 11.3 Å². The molecule has 3 rings (SSSR count). The monoisotopic (exact) mass is 384 g/mol. The van der Waals surface area contributed by atoms with Crippen LogP contribution in [0.1, 0.15) is 52.2 Å². The van der Waals surface area contributed by atoms with Gasteiger partial charge in [0, 0.05) is 50.1 Å². The van der Waals surface area contributed by atoms with Crippen LogP contribution in [0.2, 0.25) is 0 Å². The van der Waals surface area contributed by atoms with Gasteiger partial charge in [0.2, 0.25) is 5.91 Å². The summed E-state index contributed by atoms with van der Waals surface area (Å²) in [6.45, 7) is 4.83. The molecular weight excluding hydrogens is 356 g/mol. The average molecular weight is 385 g/mol. The Bertz CT molecular complexity index is 776. The molecule has 1 aliphatic heterocycles. The van der Waals surface area contributed by atoms with Crippen LogP contribution < -0.4 is 4.90 Å². The van der Waals surface area contributed by atoms with E-state index in [1.807, 2.05) is 19.1 Å². The summed E-state index contributed by atoms with van der Waals surface area (Å²) >= 11 is 1.49. The van der Waals surface area contributed by atoms with Crippen LogP contribution in [0.4, 0.5) is 5.69 Å². The lowest BCUT2D eigenvalue weighted by atomic mass is 10.1. The highest BCUT2D eigenvalue weighted by Gasteiger charge is 2.15. The summed E-state index contributed by atoms with van der Waals surface area (Å²) in [6, 6.07) is 12.3. The van der Waals surface area contributed by atoms with E-state index >= 15 is 0 Å². The summed E-state index contributed by atoms with van der Waals surface area (Å²) in [5.74, 6) is 0.0671. The van der Waals surface area contributed by atoms with Crippen molar-refractivity contribution in [2.24, 2.45) is 0 Å². The maximum atomic E-state index is 12.4. The van der Waals surface area contributed by atoms with Crippen LogP contribution in [0.25, 0.3) is 0 Å². The zero-order valence-corrected chi connectivity index (χ0v) is 17.1. The quantitative estimate of drug-likeness (QED) is 0.652. The summed E-state index contributed by atoms with van der Waals surface area (Å²) in [7, 11) is 1.81. The molecule has 0 saturated carbocycles. The second-order valence-corrected chi connectivity index (χ2v) is 8.59. The molecule has 1 amide bonds. The van der Waals surface area contributed by atoms with Crippen LogP contribution in [0.15, 0.2) is 36.4 Å². The fourth-order valence-electron chi connectivity index (χ4n) is 3.45. The number of piperidine rings is 1. The third-order valence-corrected chi connectivity index (χ3v) is 6.13. The molecule has 1 saturated heterocycles. The molecular formula is C22H28N2O2S. The number of anilines is 1. The van der Waals surface area contributed by atoms with E-state index < -0.39 is 0 Å². The van der Waals surface area contributed by atoms with Crippen molar-refractivity contribution in [1.29, 1.82) is 0 Å². The largest absolute Gasteiger partial charge is 0.372 e. The smallest absolute Gasteiger partial charge is 0.223 e. The lowest BCUT2D eigenvalue weighted by Gasteiger charge is -2.29. The molecule has 1 aromatic carbocycles. The minimum Gasteiger partial charge on any atom is -0.372 e. The minimum absolute atomic E-state index is 0.0109. The van der Waals surface area contributed by atoms with E-state index in [1.54, 1.807) is 11.9 Å². The second kappa shape index (κ2) is 9.18. The highest BCUT2D eigenvalue weighted by Crippen LogP contribution is 2.21. The molecule has 5 heteroatoms. The third kappa shape index (κ3) is 5.42. The molecule has 0 spiro atoms. The van der Waals surface area contributed by atoms with Crippen LogP contribution in [0.3, 0.4) is 0 Å². The van der Waals surface area contributed by atoms with Crippen molar-refractivity contribution < 1.29 is 9.59 Å². The minimum atomic E-state index is 0.0109. The number of Topliss-reactive ketones (excluding diaryl/α,β-unsaturated/α-hetero) is 1. The molecule has 0 unspecified atom stereocenters. The van der Waals surface area contributed by atoms with E-state index in [0.717, 1.165) is 28.4 Å². The highest BCUT2D eigenvalue weighted by molar-refractivity contribution is 7.14. The average Bonchev–Trinajstić information content (AvgIpc) is 3.13. The van der Waals surface area contributed by atoms with Crippen molar-refractivity contribution in [2.45, 2.75) is 45.6 Å². The molecule has 0 radical (unpaired) electrons. The molecule has 2 heterocycles. The van der Waals surface area contributed by atoms with Crippen molar-refractivity contribution >= 4 is 28.7 Å². The number of rotatable bonds is 7. The first-order chi connectivity index (χ1) is 13.0. The molecule has 0 N–H and O–H groups in total. The molecule has 1 aliphatic rings. The Kier molecular flexibility index (Phi) is 6.67. The van der Waals surface area contributed by atoms with Gasteiger partial charge >= 0.3 is 0 Å². The number of amides is 1. The number of nitrogens with zero attached hydrogens (tertiary/aromatic N) is 2. The van der Waals surface area contributed by atoms with Gasteiger partial charge in [-0.05, 0) is 56.0 Å². The van der Waals surface area contributed by atoms with E-state index in [-0.39, 0.29) is 24.5 Å². The molecule has 0 aliphatic carbocycles. The Morgan fingerprint density at radius 1 is 1.00 bits per heavy atom. The molecule has 1 aromatic heterocycles. The van der Waals surface area contributed by atoms with Gasteiger partial charge in [-0.15, -0.1) is 11.3 Å². The lowest BCUT2D eigenvalue weighted by Crippen LogP contribution is -2.29. The van der Waals surface area contributed by atoms with Gasteiger partial charge in [-0.3, -0.25) is 9.59 Å². The van der Waals surface area contributed by atoms with Crippen molar-refractivity contribution in [3.8, 4) is 0 Å². The SMILES string of the molecule is Cc1ccc(C(=O)CCC(=O)N(C)Cc2ccc(N3CCCCC3)cc2)s1. The molecule has 2 aromatic rings. The van der Waals surface area contributed by atoms with E-state index in [0.29, 0.717) is 6.54 Å². The Labute approximate surface area is 165 Å². The fourth-order valence-corrected chi connectivity index (χ4v) is 4.28. The van der Waals surface area contributed by atoms with Gasteiger partial charge < -0.3 is 9.80 Å². The zero-order valence-electron chi connectivity index (χ0n) is 16.2. The zero-order chi connectivity index (χ0) is 19.2. The van der Waals surface area contributed by atoms with E-state index in [1.165, 1.54) is 36.3 Å². The number of benzene rings is 1. The van der Waals surface area contributed by atoms with Gasteiger partial charge in [0.05, 0.1) is 4.88 Å². The van der Waals surface area contributed by atoms with Crippen molar-refractivity contribution in [3.63, 3.8) is 0 Å². The van der Waals surface area contributed by atoms with E-state index in [9.17, 15) is 9.59 Å². The Hall–Kier alpha value is -2.14. The van der Waals surface area contributed by atoms with Crippen molar-refractivity contribution in [3.05, 3.63) is 51.7 Å². The van der Waals surface area contributed by atoms with Crippen LogP contribution in [-0.4, -0.2) is 36.7 Å². The number of ketones is 1. The molecule has 27 heavy (non-hydrogen) atoms. The van der Waals surface area contributed by atoms with Crippen LogP contribution >= 0.6 is 11.3 Å². The van der Waals surface area contributed by atoms with Gasteiger partial charge in [0.15, 0.2) is 5.78 Å². The first kappa shape index (κ1) is 19.6. The van der Waals surface area contributed by atoms with Crippen LogP contribution in [0, 0.1) is 6.92 Å². The van der Waals surface area contributed by atoms with Gasteiger partial charge in [0.1, 0.15) is 0 Å². The molecule has 0 bridgehead atoms. The maximum Gasteiger partial charge on any atom is 0.223 e. The number of thiophene rings is 1. The van der Waals surface area contributed by atoms with Gasteiger partial charge in [-0.2, -0.15) is 0 Å². The summed E-state index contributed by atoms with van der Waals surface area (Å²) < 4.78 is 0. The predicted octanol–water partition coefficient (Wildman–Crippen LogP) is 4.67. The first-order valence-electron chi connectivity index (χ1n) is 9.70. The van der Waals surface area contributed by atoms with Gasteiger partial charge in [-0.25, -0.2) is 0 Å². The molecule has 4 nitrogen and oxygen atoms in total. The highest BCUT2D eigenvalue weighted by atomic mass is 32.1. The lowest BCUT2D eigenvalue weighted by molar-refractivity contribution is -0.130. The number of aryl methyl sites for hydroxylation is 1. The first-order valence-corrected chi connectivity index (χ1v) is 10.5. The third-order valence-electron chi connectivity index (χ3n) is 5.08. The Balaban J connectivity index is 1.48. The Morgan fingerprint density at radius 3 is 2.33 bits per heavy atom. The summed E-state index contributed by atoms with van der Waals surface area (Å²) in [4.78, 5) is 30.5. The number of carbonyl (C=O) groups excluding carboxylic acids is 2. The summed E-state index contributed by atoms with van der Waals surface area (Å²) in [5.41, 5.74) is 2.39. The molecule has 1 fully saturated rings. The summed E-state index contributed by atoms with van der Waals surface area (Å²) in [6.07, 6.45) is 4.40. The standard InChI is InChI=1S/C22H28N2O2S/c1-17-6-12-21(27-17)20(25)11-13-22(26)23(2)16-18-7-9-19(10-8-18)24-14-4-3-5-15-24/h6-10,12H,3-5,11,13-16H2,1-2H3. The maximum absolute atomic E-state index is 12.4. The number of hydrogen-bond donors (Lipinski definition) is 0. The number of carbonyl (C=O) groups is 2. The van der Waals surface area contributed by atoms with E-state index in [4.69, 9.17) is 0 Å².